The Morgan fingerprint density at radius 1 is 1.03 bits per heavy atom. The molecule has 0 aromatic heterocycles. The normalized spacial score (nSPS) is 21.2. The number of benzene rings is 2. The number of nitrogens with zero attached hydrogens (tertiary/aromatic N) is 2. The number of rotatable bonds is 3. The van der Waals surface area contributed by atoms with Gasteiger partial charge in [-0.3, -0.25) is 9.59 Å². The maximum atomic E-state index is 13.4. The lowest BCUT2D eigenvalue weighted by molar-refractivity contribution is -0.133. The van der Waals surface area contributed by atoms with Gasteiger partial charge in [-0.15, -0.1) is 0 Å². The molecule has 0 saturated carbocycles. The first kappa shape index (κ1) is 26.0. The smallest absolute Gasteiger partial charge is 0.323 e. The van der Waals surface area contributed by atoms with Gasteiger partial charge >= 0.3 is 6.03 Å². The van der Waals surface area contributed by atoms with Crippen LogP contribution in [0.5, 0.6) is 5.75 Å². The number of carbonyl (C=O) groups is 3. The van der Waals surface area contributed by atoms with E-state index in [0.29, 0.717) is 35.8 Å². The molecular weight excluding hydrogens is 448 g/mol. The van der Waals surface area contributed by atoms with Gasteiger partial charge in [-0.1, -0.05) is 25.1 Å². The van der Waals surface area contributed by atoms with Crippen LogP contribution in [0.1, 0.15) is 31.1 Å². The number of para-hydroxylation sites is 1. The number of methoxy groups -OCH3 is 1. The van der Waals surface area contributed by atoms with Crippen LogP contribution in [-0.4, -0.2) is 73.6 Å². The van der Waals surface area contributed by atoms with Crippen LogP contribution in [-0.2, 0) is 9.53 Å². The molecule has 0 unspecified atom stereocenters. The summed E-state index contributed by atoms with van der Waals surface area (Å²) in [6, 6.07) is 13.4. The van der Waals surface area contributed by atoms with Crippen molar-refractivity contribution in [1.29, 1.82) is 0 Å². The molecule has 1 heterocycles. The Morgan fingerprint density at radius 3 is 2.37 bits per heavy atom. The molecule has 2 N–H and O–H groups in total. The molecule has 1 aliphatic rings. The number of fused-ring (bicyclic) bond motifs is 1. The summed E-state index contributed by atoms with van der Waals surface area (Å²) in [6.45, 7) is 6.51. The van der Waals surface area contributed by atoms with Crippen molar-refractivity contribution >= 4 is 29.2 Å². The van der Waals surface area contributed by atoms with E-state index in [2.05, 4.69) is 10.6 Å². The van der Waals surface area contributed by atoms with Gasteiger partial charge in [0.05, 0.1) is 17.7 Å². The molecule has 35 heavy (non-hydrogen) atoms. The van der Waals surface area contributed by atoms with Gasteiger partial charge in [-0.25, -0.2) is 4.79 Å². The fraction of sp³-hybridized carbons (Fsp3) is 0.423. The van der Waals surface area contributed by atoms with Crippen LogP contribution in [0.2, 0.25) is 0 Å². The first-order chi connectivity index (χ1) is 16.7. The predicted molar refractivity (Wildman–Crippen MR) is 135 cm³/mol. The molecule has 4 amide bonds. The topological polar surface area (TPSA) is 100 Å². The molecular formula is C26H34N4O5. The molecule has 3 rings (SSSR count). The Kier molecular flexibility index (Phi) is 8.70. The van der Waals surface area contributed by atoms with E-state index in [1.807, 2.05) is 32.0 Å². The highest BCUT2D eigenvalue weighted by Crippen LogP contribution is 2.26. The van der Waals surface area contributed by atoms with Gasteiger partial charge in [0, 0.05) is 51.5 Å². The molecule has 9 heteroatoms. The number of anilines is 2. The number of hydrogen-bond donors (Lipinski definition) is 2. The molecule has 0 spiro atoms. The van der Waals surface area contributed by atoms with Gasteiger partial charge < -0.3 is 29.9 Å². The van der Waals surface area contributed by atoms with Gasteiger partial charge in [0.25, 0.3) is 5.91 Å². The summed E-state index contributed by atoms with van der Waals surface area (Å²) in [6.07, 6.45) is -0.264. The Bertz CT molecular complexity index is 1050. The second-order valence-corrected chi connectivity index (χ2v) is 8.92. The van der Waals surface area contributed by atoms with E-state index < -0.39 is 6.03 Å². The zero-order valence-corrected chi connectivity index (χ0v) is 20.9. The fourth-order valence-corrected chi connectivity index (χ4v) is 4.11. The highest BCUT2D eigenvalue weighted by atomic mass is 16.5. The minimum Gasteiger partial charge on any atom is -0.491 e. The number of amides is 4. The SMILES string of the molecule is CO[C@@H]1CN(C)C(=O)c2cc(NC(=O)Nc3ccccc3)ccc2OC[C@@H](C)N(C(C)=O)C[C@@H]1C. The summed E-state index contributed by atoms with van der Waals surface area (Å²) < 4.78 is 11.7. The summed E-state index contributed by atoms with van der Waals surface area (Å²) in [5.74, 6) is 0.0792. The van der Waals surface area contributed by atoms with Crippen molar-refractivity contribution in [3.63, 3.8) is 0 Å². The summed E-state index contributed by atoms with van der Waals surface area (Å²) in [4.78, 5) is 41.5. The van der Waals surface area contributed by atoms with Crippen LogP contribution in [0.15, 0.2) is 48.5 Å². The third kappa shape index (κ3) is 6.73. The third-order valence-electron chi connectivity index (χ3n) is 6.14. The maximum absolute atomic E-state index is 13.4. The quantitative estimate of drug-likeness (QED) is 0.695. The maximum Gasteiger partial charge on any atom is 0.323 e. The Morgan fingerprint density at radius 2 is 1.71 bits per heavy atom. The van der Waals surface area contributed by atoms with Crippen LogP contribution in [0.4, 0.5) is 16.2 Å². The van der Waals surface area contributed by atoms with Crippen molar-refractivity contribution in [2.45, 2.75) is 32.9 Å². The lowest BCUT2D eigenvalue weighted by Gasteiger charge is -2.35. The average molecular weight is 483 g/mol. The van der Waals surface area contributed by atoms with Crippen LogP contribution >= 0.6 is 0 Å². The van der Waals surface area contributed by atoms with Gasteiger partial charge in [0.1, 0.15) is 12.4 Å². The molecule has 1 aliphatic heterocycles. The van der Waals surface area contributed by atoms with E-state index in [1.165, 1.54) is 0 Å². The third-order valence-corrected chi connectivity index (χ3v) is 6.14. The summed E-state index contributed by atoms with van der Waals surface area (Å²) in [5, 5.41) is 5.52. The zero-order valence-electron chi connectivity index (χ0n) is 20.9. The average Bonchev–Trinajstić information content (AvgIpc) is 2.83. The first-order valence-corrected chi connectivity index (χ1v) is 11.6. The molecule has 0 radical (unpaired) electrons. The number of nitrogens with one attached hydrogen (secondary N) is 2. The predicted octanol–water partition coefficient (Wildman–Crippen LogP) is 3.68. The summed E-state index contributed by atoms with van der Waals surface area (Å²) >= 11 is 0. The molecule has 0 fully saturated rings. The van der Waals surface area contributed by atoms with Crippen molar-refractivity contribution in [3.05, 3.63) is 54.1 Å². The molecule has 0 aliphatic carbocycles. The van der Waals surface area contributed by atoms with Crippen LogP contribution in [0.3, 0.4) is 0 Å². The second-order valence-electron chi connectivity index (χ2n) is 8.92. The van der Waals surface area contributed by atoms with E-state index in [-0.39, 0.29) is 36.5 Å². The number of ether oxygens (including phenoxy) is 2. The molecule has 0 bridgehead atoms. The van der Waals surface area contributed by atoms with Crippen LogP contribution < -0.4 is 15.4 Å². The summed E-state index contributed by atoms with van der Waals surface area (Å²) in [5.41, 5.74) is 1.42. The van der Waals surface area contributed by atoms with Crippen molar-refractivity contribution in [2.75, 3.05) is 44.5 Å². The molecule has 9 nitrogen and oxygen atoms in total. The minimum absolute atomic E-state index is 0.00446. The lowest BCUT2D eigenvalue weighted by Crippen LogP contribution is -2.48. The van der Waals surface area contributed by atoms with Crippen molar-refractivity contribution in [2.24, 2.45) is 5.92 Å². The largest absolute Gasteiger partial charge is 0.491 e. The second kappa shape index (κ2) is 11.7. The van der Waals surface area contributed by atoms with E-state index >= 15 is 0 Å². The van der Waals surface area contributed by atoms with E-state index in [1.54, 1.807) is 61.2 Å². The zero-order chi connectivity index (χ0) is 25.5. The van der Waals surface area contributed by atoms with Gasteiger partial charge in [0.15, 0.2) is 0 Å². The monoisotopic (exact) mass is 482 g/mol. The van der Waals surface area contributed by atoms with E-state index in [4.69, 9.17) is 9.47 Å². The van der Waals surface area contributed by atoms with Crippen LogP contribution in [0, 0.1) is 5.92 Å². The molecule has 188 valence electrons. The standard InChI is InChI=1S/C26H34N4O5/c1-17-14-30(19(3)31)18(2)16-35-23-12-11-21(28-26(33)27-20-9-7-6-8-10-20)13-22(23)25(32)29(4)15-24(17)34-5/h6-13,17-18,24H,14-16H2,1-5H3,(H2,27,28,33)/t17-,18+,24+/m0/s1. The Labute approximate surface area is 206 Å². The number of carbonyl (C=O) groups excluding carboxylic acids is 3. The van der Waals surface area contributed by atoms with Crippen molar-refractivity contribution in [1.82, 2.24) is 9.80 Å². The Balaban J connectivity index is 1.88. The van der Waals surface area contributed by atoms with E-state index in [9.17, 15) is 14.4 Å². The molecule has 2 aromatic carbocycles. The van der Waals surface area contributed by atoms with E-state index in [0.717, 1.165) is 0 Å². The highest BCUT2D eigenvalue weighted by molar-refractivity contribution is 6.02. The highest BCUT2D eigenvalue weighted by Gasteiger charge is 2.29. The van der Waals surface area contributed by atoms with Gasteiger partial charge in [0.2, 0.25) is 5.91 Å². The fourth-order valence-electron chi connectivity index (χ4n) is 4.11. The van der Waals surface area contributed by atoms with Gasteiger partial charge in [-0.05, 0) is 37.3 Å². The summed E-state index contributed by atoms with van der Waals surface area (Å²) in [7, 11) is 3.31. The van der Waals surface area contributed by atoms with Crippen molar-refractivity contribution in [3.8, 4) is 5.75 Å². The minimum atomic E-state index is -0.426. The van der Waals surface area contributed by atoms with Crippen molar-refractivity contribution < 1.29 is 23.9 Å². The Hall–Kier alpha value is -3.59. The number of urea groups is 1. The molecule has 0 saturated heterocycles. The van der Waals surface area contributed by atoms with Crippen LogP contribution in [0.25, 0.3) is 0 Å². The number of hydrogen-bond acceptors (Lipinski definition) is 5. The van der Waals surface area contributed by atoms with Gasteiger partial charge in [-0.2, -0.15) is 0 Å². The first-order valence-electron chi connectivity index (χ1n) is 11.6. The number of likely N-dealkylation sites (N-methyl/N-ethyl adjacent to an activating group) is 1. The lowest BCUT2D eigenvalue weighted by atomic mass is 10.0. The molecule has 2 aromatic rings. The molecule has 3 atom stereocenters.